The molecule has 8 rings (SSSR count). The van der Waals surface area contributed by atoms with Gasteiger partial charge in [-0.15, -0.1) is 0 Å². The Morgan fingerprint density at radius 2 is 0.951 bits per heavy atom. The number of benzene rings is 5. The van der Waals surface area contributed by atoms with Crippen LogP contribution in [0.15, 0.2) is 140 Å². The van der Waals surface area contributed by atoms with E-state index in [0.717, 1.165) is 49.9 Å². The molecule has 0 amide bonds. The first-order valence-electron chi connectivity index (χ1n) is 13.6. The highest BCUT2D eigenvalue weighted by atomic mass is 15.0. The molecule has 0 unspecified atom stereocenters. The minimum atomic E-state index is 0.635. The van der Waals surface area contributed by atoms with Gasteiger partial charge in [-0.2, -0.15) is 0 Å². The largest absolute Gasteiger partial charge is 0.306 e. The lowest BCUT2D eigenvalue weighted by Gasteiger charge is -2.10. The highest BCUT2D eigenvalue weighted by Gasteiger charge is 2.18. The summed E-state index contributed by atoms with van der Waals surface area (Å²) in [6.45, 7) is 0. The molecular weight excluding hydrogens is 502 g/mol. The molecule has 0 saturated carbocycles. The Balaban J connectivity index is 1.35. The van der Waals surface area contributed by atoms with E-state index in [2.05, 4.69) is 71.1 Å². The lowest BCUT2D eigenvalue weighted by molar-refractivity contribution is 1.07. The molecule has 5 aromatic carbocycles. The van der Waals surface area contributed by atoms with Gasteiger partial charge in [-0.3, -0.25) is 4.98 Å². The van der Waals surface area contributed by atoms with Crippen LogP contribution in [0.5, 0.6) is 0 Å². The quantitative estimate of drug-likeness (QED) is 0.231. The summed E-state index contributed by atoms with van der Waals surface area (Å²) in [6, 6.07) is 45.4. The van der Waals surface area contributed by atoms with E-state index in [0.29, 0.717) is 17.5 Å². The van der Waals surface area contributed by atoms with Crippen LogP contribution >= 0.6 is 0 Å². The van der Waals surface area contributed by atoms with Crippen LogP contribution in [0, 0.1) is 0 Å². The molecule has 5 nitrogen and oxygen atoms in total. The van der Waals surface area contributed by atoms with Crippen LogP contribution < -0.4 is 0 Å². The van der Waals surface area contributed by atoms with Crippen molar-refractivity contribution in [2.45, 2.75) is 0 Å². The van der Waals surface area contributed by atoms with E-state index in [-0.39, 0.29) is 0 Å². The number of para-hydroxylation sites is 3. The highest BCUT2D eigenvalue weighted by molar-refractivity contribution is 6.08. The van der Waals surface area contributed by atoms with Gasteiger partial charge in [0.25, 0.3) is 0 Å². The van der Waals surface area contributed by atoms with E-state index in [1.807, 2.05) is 72.9 Å². The van der Waals surface area contributed by atoms with Crippen molar-refractivity contribution in [3.8, 4) is 45.3 Å². The molecule has 41 heavy (non-hydrogen) atoms. The summed E-state index contributed by atoms with van der Waals surface area (Å²) in [4.78, 5) is 19.6. The first-order chi connectivity index (χ1) is 20.3. The molecule has 0 aliphatic heterocycles. The second kappa shape index (κ2) is 9.50. The maximum atomic E-state index is 4.95. The second-order valence-electron chi connectivity index (χ2n) is 9.98. The van der Waals surface area contributed by atoms with Crippen LogP contribution in [-0.2, 0) is 0 Å². The van der Waals surface area contributed by atoms with Gasteiger partial charge in [0.05, 0.1) is 28.3 Å². The Kier molecular flexibility index (Phi) is 5.38. The van der Waals surface area contributed by atoms with E-state index >= 15 is 0 Å². The monoisotopic (exact) mass is 525 g/mol. The third kappa shape index (κ3) is 3.95. The van der Waals surface area contributed by atoms with Crippen molar-refractivity contribution in [1.82, 2.24) is 24.3 Å². The van der Waals surface area contributed by atoms with E-state index < -0.39 is 0 Å². The molecule has 0 saturated heterocycles. The molecule has 0 spiro atoms. The summed E-state index contributed by atoms with van der Waals surface area (Å²) in [6.07, 6.45) is 1.98. The lowest BCUT2D eigenvalue weighted by atomic mass is 10.0. The van der Waals surface area contributed by atoms with Gasteiger partial charge in [0.1, 0.15) is 0 Å². The third-order valence-corrected chi connectivity index (χ3v) is 7.47. The van der Waals surface area contributed by atoms with Gasteiger partial charge in [-0.1, -0.05) is 109 Å². The summed E-state index contributed by atoms with van der Waals surface area (Å²) in [7, 11) is 0. The molecule has 0 aliphatic rings. The molecule has 0 atom stereocenters. The van der Waals surface area contributed by atoms with Gasteiger partial charge in [0.15, 0.2) is 17.5 Å². The smallest absolute Gasteiger partial charge is 0.164 e. The predicted molar refractivity (Wildman–Crippen MR) is 165 cm³/mol. The number of hydrogen-bond donors (Lipinski definition) is 0. The normalized spacial score (nSPS) is 11.4. The molecule has 192 valence electrons. The van der Waals surface area contributed by atoms with Gasteiger partial charge < -0.3 is 4.40 Å². The zero-order chi connectivity index (χ0) is 27.2. The Morgan fingerprint density at radius 1 is 0.415 bits per heavy atom. The van der Waals surface area contributed by atoms with E-state index in [1.54, 1.807) is 0 Å². The zero-order valence-electron chi connectivity index (χ0n) is 22.0. The van der Waals surface area contributed by atoms with Crippen LogP contribution in [0.1, 0.15) is 0 Å². The molecular formula is C36H23N5. The van der Waals surface area contributed by atoms with Crippen LogP contribution in [0.4, 0.5) is 0 Å². The van der Waals surface area contributed by atoms with Crippen molar-refractivity contribution in [1.29, 1.82) is 0 Å². The second-order valence-corrected chi connectivity index (χ2v) is 9.98. The van der Waals surface area contributed by atoms with Crippen molar-refractivity contribution < 1.29 is 0 Å². The van der Waals surface area contributed by atoms with Crippen LogP contribution in [0.3, 0.4) is 0 Å². The van der Waals surface area contributed by atoms with Gasteiger partial charge in [0, 0.05) is 27.6 Å². The lowest BCUT2D eigenvalue weighted by Crippen LogP contribution is -2.00. The van der Waals surface area contributed by atoms with Crippen LogP contribution in [-0.4, -0.2) is 24.3 Å². The van der Waals surface area contributed by atoms with Crippen LogP contribution in [0.25, 0.3) is 72.7 Å². The average molecular weight is 526 g/mol. The van der Waals surface area contributed by atoms with Gasteiger partial charge in [-0.25, -0.2) is 15.0 Å². The van der Waals surface area contributed by atoms with Crippen LogP contribution in [0.2, 0.25) is 0 Å². The van der Waals surface area contributed by atoms with Gasteiger partial charge in [-0.05, 0) is 29.8 Å². The molecule has 0 aliphatic carbocycles. The van der Waals surface area contributed by atoms with Crippen molar-refractivity contribution in [2.24, 2.45) is 0 Å². The van der Waals surface area contributed by atoms with Gasteiger partial charge in [0.2, 0.25) is 0 Å². The standard InChI is InChI=1S/C36H23N5/c1-3-12-24(13-4-1)34-38-35(25-14-5-2-6-15-25)40-36(39-34)27-17-11-16-26(22-27)33-28-18-7-9-20-30(28)41-31-21-10-8-19-29(31)37-23-32(33)41/h1-23H. The minimum Gasteiger partial charge on any atom is -0.306 e. The third-order valence-electron chi connectivity index (χ3n) is 7.47. The SMILES string of the molecule is c1ccc(-c2nc(-c3ccccc3)nc(-c3cccc(-c4c5ccccc5n5c4cnc4ccccc45)c3)n2)cc1. The first kappa shape index (κ1) is 23.2. The van der Waals surface area contributed by atoms with E-state index in [4.69, 9.17) is 19.9 Å². The van der Waals surface area contributed by atoms with Crippen molar-refractivity contribution >= 4 is 27.5 Å². The summed E-state index contributed by atoms with van der Waals surface area (Å²) in [5, 5.41) is 1.17. The summed E-state index contributed by atoms with van der Waals surface area (Å²) in [5.41, 5.74) is 9.32. The molecule has 3 heterocycles. The van der Waals surface area contributed by atoms with Crippen molar-refractivity contribution in [2.75, 3.05) is 0 Å². The molecule has 0 N–H and O–H groups in total. The zero-order valence-corrected chi connectivity index (χ0v) is 22.0. The van der Waals surface area contributed by atoms with Gasteiger partial charge >= 0.3 is 0 Å². The molecule has 0 fully saturated rings. The highest BCUT2D eigenvalue weighted by Crippen LogP contribution is 2.38. The summed E-state index contributed by atoms with van der Waals surface area (Å²) in [5.74, 6) is 1.93. The topological polar surface area (TPSA) is 56.0 Å². The average Bonchev–Trinajstić information content (AvgIpc) is 3.40. The molecule has 0 radical (unpaired) electrons. The van der Waals surface area contributed by atoms with Crippen molar-refractivity contribution in [3.63, 3.8) is 0 Å². The maximum absolute atomic E-state index is 4.95. The number of rotatable bonds is 4. The molecule has 3 aromatic heterocycles. The Labute approximate surface area is 236 Å². The Bertz CT molecular complexity index is 2140. The minimum absolute atomic E-state index is 0.635. The van der Waals surface area contributed by atoms with E-state index in [1.165, 1.54) is 5.39 Å². The Morgan fingerprint density at radius 3 is 1.66 bits per heavy atom. The summed E-state index contributed by atoms with van der Waals surface area (Å²) < 4.78 is 2.31. The molecule has 8 aromatic rings. The first-order valence-corrected chi connectivity index (χ1v) is 13.6. The number of fused-ring (bicyclic) bond motifs is 5. The summed E-state index contributed by atoms with van der Waals surface area (Å²) >= 11 is 0. The fourth-order valence-corrected chi connectivity index (χ4v) is 5.59. The van der Waals surface area contributed by atoms with Crippen molar-refractivity contribution in [3.05, 3.63) is 140 Å². The number of hydrogen-bond acceptors (Lipinski definition) is 4. The fourth-order valence-electron chi connectivity index (χ4n) is 5.59. The Hall–Kier alpha value is -5.68. The van der Waals surface area contributed by atoms with E-state index in [9.17, 15) is 0 Å². The molecule has 5 heteroatoms. The maximum Gasteiger partial charge on any atom is 0.164 e. The fraction of sp³-hybridized carbons (Fsp3) is 0. The number of aromatic nitrogens is 5. The number of nitrogens with zero attached hydrogens (tertiary/aromatic N) is 5. The molecule has 0 bridgehead atoms. The predicted octanol–water partition coefficient (Wildman–Crippen LogP) is 8.49.